The van der Waals surface area contributed by atoms with Crippen LogP contribution in [0.3, 0.4) is 0 Å². The fourth-order valence-electron chi connectivity index (χ4n) is 5.83. The lowest BCUT2D eigenvalue weighted by Gasteiger charge is -2.29. The van der Waals surface area contributed by atoms with E-state index in [1.165, 1.54) is 9.78 Å². The zero-order chi connectivity index (χ0) is 30.2. The fourth-order valence-corrected chi connectivity index (χ4v) is 7.61. The van der Waals surface area contributed by atoms with Gasteiger partial charge in [0, 0.05) is 22.0 Å². The molecule has 0 unspecified atom stereocenters. The van der Waals surface area contributed by atoms with Crippen LogP contribution < -0.4 is 15.5 Å². The molecule has 2 N–H and O–H groups in total. The number of para-hydroxylation sites is 1. The lowest BCUT2D eigenvalue weighted by molar-refractivity contribution is -0.122. The second kappa shape index (κ2) is 11.7. The van der Waals surface area contributed by atoms with E-state index in [-0.39, 0.29) is 16.6 Å². The van der Waals surface area contributed by atoms with E-state index < -0.39 is 11.8 Å². The van der Waals surface area contributed by atoms with Gasteiger partial charge in [-0.1, -0.05) is 37.3 Å². The number of aromatic nitrogens is 1. The number of anilines is 2. The predicted octanol–water partition coefficient (Wildman–Crippen LogP) is 6.68. The number of thiophene rings is 1. The van der Waals surface area contributed by atoms with Crippen LogP contribution in [0.2, 0.25) is 0 Å². The Morgan fingerprint density at radius 1 is 1.05 bits per heavy atom. The standard InChI is InChI=1S/C34H32N4O3S2/c1-4-22-14-16-25(17-15-22)38-32(41)27(30(39)36-34(38)42)19-23-18-20(2)37(21(23)3)33-29(26-12-8-9-13-28(26)43-33)31(40)35-24-10-6-5-7-11-24/h5-7,10-11,14-19H,4,8-9,12-13H2,1-3H3,(H,35,40)(H,36,39,42)/b27-19-. The molecule has 1 aliphatic carbocycles. The number of rotatable bonds is 6. The number of benzene rings is 2. The van der Waals surface area contributed by atoms with Crippen LogP contribution in [-0.2, 0) is 28.9 Å². The van der Waals surface area contributed by atoms with Gasteiger partial charge in [-0.15, -0.1) is 11.3 Å². The molecule has 1 saturated heterocycles. The molecule has 7 nitrogen and oxygen atoms in total. The number of hydrogen-bond donors (Lipinski definition) is 2. The Bertz CT molecular complexity index is 1800. The second-order valence-corrected chi connectivity index (χ2v) is 12.3. The van der Waals surface area contributed by atoms with Crippen LogP contribution in [0.4, 0.5) is 11.4 Å². The Balaban J connectivity index is 1.40. The third-order valence-corrected chi connectivity index (χ3v) is 9.65. The molecule has 0 radical (unpaired) electrons. The number of nitrogens with zero attached hydrogens (tertiary/aromatic N) is 2. The summed E-state index contributed by atoms with van der Waals surface area (Å²) in [6.07, 6.45) is 6.47. The number of carbonyl (C=O) groups excluding carboxylic acids is 3. The first-order valence-electron chi connectivity index (χ1n) is 14.5. The lowest BCUT2D eigenvalue weighted by atomic mass is 9.95. The summed E-state index contributed by atoms with van der Waals surface area (Å²) >= 11 is 7.04. The van der Waals surface area contributed by atoms with E-state index in [0.29, 0.717) is 11.3 Å². The van der Waals surface area contributed by atoms with Gasteiger partial charge >= 0.3 is 0 Å². The summed E-state index contributed by atoms with van der Waals surface area (Å²) in [5.74, 6) is -1.14. The molecule has 0 atom stereocenters. The molecular weight excluding hydrogens is 577 g/mol. The summed E-state index contributed by atoms with van der Waals surface area (Å²) in [6.45, 7) is 5.99. The molecule has 3 heterocycles. The number of thiocarbonyl (C=S) groups is 1. The molecule has 0 bridgehead atoms. The van der Waals surface area contributed by atoms with Crippen LogP contribution >= 0.6 is 23.6 Å². The van der Waals surface area contributed by atoms with Gasteiger partial charge in [-0.3, -0.25) is 24.6 Å². The number of hydrogen-bond acceptors (Lipinski definition) is 5. The second-order valence-electron chi connectivity index (χ2n) is 10.9. The molecule has 218 valence electrons. The van der Waals surface area contributed by atoms with E-state index in [0.717, 1.165) is 70.9 Å². The summed E-state index contributed by atoms with van der Waals surface area (Å²) in [5.41, 5.74) is 6.77. The maximum absolute atomic E-state index is 13.8. The maximum Gasteiger partial charge on any atom is 0.270 e. The van der Waals surface area contributed by atoms with Crippen LogP contribution in [0.25, 0.3) is 11.1 Å². The Hall–Kier alpha value is -4.34. The average molecular weight is 609 g/mol. The molecule has 0 saturated carbocycles. The minimum atomic E-state index is -0.532. The molecule has 0 spiro atoms. The first-order valence-corrected chi connectivity index (χ1v) is 15.7. The molecule has 6 rings (SSSR count). The summed E-state index contributed by atoms with van der Waals surface area (Å²) in [7, 11) is 0. The van der Waals surface area contributed by atoms with Crippen molar-refractivity contribution >= 4 is 63.8 Å². The van der Waals surface area contributed by atoms with E-state index in [4.69, 9.17) is 12.2 Å². The van der Waals surface area contributed by atoms with Crippen LogP contribution in [0, 0.1) is 13.8 Å². The van der Waals surface area contributed by atoms with Gasteiger partial charge in [-0.2, -0.15) is 0 Å². The van der Waals surface area contributed by atoms with E-state index in [2.05, 4.69) is 22.1 Å². The topological polar surface area (TPSA) is 83.4 Å². The van der Waals surface area contributed by atoms with Gasteiger partial charge in [0.2, 0.25) is 0 Å². The summed E-state index contributed by atoms with van der Waals surface area (Å²) in [5, 5.41) is 6.68. The molecule has 1 aliphatic heterocycles. The van der Waals surface area contributed by atoms with Crippen molar-refractivity contribution in [1.82, 2.24) is 9.88 Å². The predicted molar refractivity (Wildman–Crippen MR) is 176 cm³/mol. The zero-order valence-corrected chi connectivity index (χ0v) is 26.0. The number of nitrogens with one attached hydrogen (secondary N) is 2. The molecule has 2 aliphatic rings. The smallest absolute Gasteiger partial charge is 0.270 e. The van der Waals surface area contributed by atoms with Crippen molar-refractivity contribution in [3.05, 3.63) is 105 Å². The number of amides is 3. The normalized spacial score (nSPS) is 15.9. The Kier molecular flexibility index (Phi) is 7.85. The van der Waals surface area contributed by atoms with Crippen molar-refractivity contribution in [3.8, 4) is 5.00 Å². The van der Waals surface area contributed by atoms with E-state index in [1.54, 1.807) is 17.4 Å². The quantitative estimate of drug-likeness (QED) is 0.145. The Labute approximate surface area is 260 Å². The third-order valence-electron chi connectivity index (χ3n) is 8.09. The van der Waals surface area contributed by atoms with Crippen molar-refractivity contribution in [1.29, 1.82) is 0 Å². The number of aryl methyl sites for hydroxylation is 3. The highest BCUT2D eigenvalue weighted by Gasteiger charge is 2.35. The molecule has 3 amide bonds. The molecule has 4 aromatic rings. The first-order chi connectivity index (χ1) is 20.8. The monoisotopic (exact) mass is 608 g/mol. The Morgan fingerprint density at radius 3 is 2.49 bits per heavy atom. The van der Waals surface area contributed by atoms with Gasteiger partial charge in [0.05, 0.1) is 11.3 Å². The van der Waals surface area contributed by atoms with Gasteiger partial charge < -0.3 is 9.88 Å². The SMILES string of the molecule is CCc1ccc(N2C(=O)/C(=C\c3cc(C)n(-c4sc5c(c4C(=O)Nc4ccccc4)CCCC5)c3C)C(=O)NC2=S)cc1. The van der Waals surface area contributed by atoms with Crippen LogP contribution in [-0.4, -0.2) is 27.4 Å². The van der Waals surface area contributed by atoms with Crippen LogP contribution in [0.15, 0.2) is 66.2 Å². The average Bonchev–Trinajstić information content (AvgIpc) is 3.51. The van der Waals surface area contributed by atoms with Crippen molar-refractivity contribution in [2.24, 2.45) is 0 Å². The highest BCUT2D eigenvalue weighted by Crippen LogP contribution is 2.39. The summed E-state index contributed by atoms with van der Waals surface area (Å²) < 4.78 is 2.08. The van der Waals surface area contributed by atoms with Gasteiger partial charge in [-0.25, -0.2) is 0 Å². The van der Waals surface area contributed by atoms with E-state index in [9.17, 15) is 14.4 Å². The minimum absolute atomic E-state index is 0.000867. The Morgan fingerprint density at radius 2 is 1.77 bits per heavy atom. The van der Waals surface area contributed by atoms with Crippen molar-refractivity contribution in [2.75, 3.05) is 10.2 Å². The molecule has 2 aromatic carbocycles. The maximum atomic E-state index is 13.8. The van der Waals surface area contributed by atoms with Crippen molar-refractivity contribution in [2.45, 2.75) is 52.9 Å². The van der Waals surface area contributed by atoms with E-state index >= 15 is 0 Å². The number of carbonyl (C=O) groups is 3. The van der Waals surface area contributed by atoms with E-state index in [1.807, 2.05) is 74.5 Å². The summed E-state index contributed by atoms with van der Waals surface area (Å²) in [6, 6.07) is 19.0. The van der Waals surface area contributed by atoms with Gasteiger partial charge in [0.25, 0.3) is 17.7 Å². The first kappa shape index (κ1) is 28.8. The van der Waals surface area contributed by atoms with Crippen LogP contribution in [0.1, 0.15) is 63.1 Å². The molecule has 43 heavy (non-hydrogen) atoms. The summed E-state index contributed by atoms with van der Waals surface area (Å²) in [4.78, 5) is 43.1. The van der Waals surface area contributed by atoms with Gasteiger partial charge in [-0.05, 0) is 111 Å². The largest absolute Gasteiger partial charge is 0.322 e. The van der Waals surface area contributed by atoms with Gasteiger partial charge in [0.15, 0.2) is 5.11 Å². The van der Waals surface area contributed by atoms with Crippen LogP contribution in [0.5, 0.6) is 0 Å². The molecule has 9 heteroatoms. The zero-order valence-electron chi connectivity index (χ0n) is 24.3. The number of fused-ring (bicyclic) bond motifs is 1. The van der Waals surface area contributed by atoms with Crippen molar-refractivity contribution < 1.29 is 14.4 Å². The fraction of sp³-hybridized carbons (Fsp3) is 0.235. The minimum Gasteiger partial charge on any atom is -0.322 e. The highest BCUT2D eigenvalue weighted by atomic mass is 32.1. The highest BCUT2D eigenvalue weighted by molar-refractivity contribution is 7.80. The lowest BCUT2D eigenvalue weighted by Crippen LogP contribution is -2.54. The molecule has 2 aromatic heterocycles. The van der Waals surface area contributed by atoms with Crippen molar-refractivity contribution in [3.63, 3.8) is 0 Å². The van der Waals surface area contributed by atoms with Gasteiger partial charge in [0.1, 0.15) is 10.6 Å². The molecular formula is C34H32N4O3S2. The third kappa shape index (κ3) is 5.34. The molecule has 1 fully saturated rings.